The topological polar surface area (TPSA) is 50.7 Å². The lowest BCUT2D eigenvalue weighted by Gasteiger charge is -2.04. The summed E-state index contributed by atoms with van der Waals surface area (Å²) in [7, 11) is 0. The number of carbonyl (C=O) groups excluding carboxylic acids is 1. The summed E-state index contributed by atoms with van der Waals surface area (Å²) in [4.78, 5) is 16.6. The SMILES string of the molecule is C=CCOc1ccc(/C=C/C(=O)NC2=NC(c3ccc(F)cc3)CS2)cc1. The van der Waals surface area contributed by atoms with E-state index in [9.17, 15) is 9.18 Å². The van der Waals surface area contributed by atoms with Crippen LogP contribution < -0.4 is 10.1 Å². The van der Waals surface area contributed by atoms with Gasteiger partial charge in [0.25, 0.3) is 0 Å². The number of hydrogen-bond donors (Lipinski definition) is 1. The van der Waals surface area contributed by atoms with Crippen molar-refractivity contribution in [2.24, 2.45) is 4.99 Å². The summed E-state index contributed by atoms with van der Waals surface area (Å²) in [6, 6.07) is 13.6. The van der Waals surface area contributed by atoms with Gasteiger partial charge in [0, 0.05) is 11.8 Å². The third kappa shape index (κ3) is 5.56. The molecule has 0 bridgehead atoms. The molecule has 138 valence electrons. The first-order valence-corrected chi connectivity index (χ1v) is 9.41. The van der Waals surface area contributed by atoms with Crippen molar-refractivity contribution in [2.75, 3.05) is 12.4 Å². The van der Waals surface area contributed by atoms with Crippen molar-refractivity contribution in [1.29, 1.82) is 0 Å². The number of carbonyl (C=O) groups is 1. The van der Waals surface area contributed by atoms with Gasteiger partial charge in [-0.1, -0.05) is 48.7 Å². The van der Waals surface area contributed by atoms with Crippen molar-refractivity contribution in [1.82, 2.24) is 5.32 Å². The van der Waals surface area contributed by atoms with Crippen LogP contribution in [-0.2, 0) is 4.79 Å². The minimum Gasteiger partial charge on any atom is -0.490 e. The van der Waals surface area contributed by atoms with Crippen LogP contribution in [0, 0.1) is 5.82 Å². The van der Waals surface area contributed by atoms with Crippen molar-refractivity contribution in [3.63, 3.8) is 0 Å². The van der Waals surface area contributed by atoms with Crippen LogP contribution in [0.2, 0.25) is 0 Å². The maximum absolute atomic E-state index is 13.0. The van der Waals surface area contributed by atoms with Gasteiger partial charge in [0.2, 0.25) is 5.91 Å². The first-order chi connectivity index (χ1) is 13.1. The van der Waals surface area contributed by atoms with E-state index in [0.717, 1.165) is 22.6 Å². The second-order valence-electron chi connectivity index (χ2n) is 5.80. The predicted octanol–water partition coefficient (Wildman–Crippen LogP) is 4.36. The standard InChI is InChI=1S/C21H19FN2O2S/c1-2-13-26-18-10-3-15(4-11-18)5-12-20(25)24-21-23-19(14-27-21)16-6-8-17(22)9-7-16/h2-12,19H,1,13-14H2,(H,23,24,25)/b12-5+. The molecule has 0 saturated heterocycles. The lowest BCUT2D eigenvalue weighted by Crippen LogP contribution is -2.25. The summed E-state index contributed by atoms with van der Waals surface area (Å²) in [5.41, 5.74) is 1.82. The molecular formula is C21H19FN2O2S. The first kappa shape index (κ1) is 18.9. The van der Waals surface area contributed by atoms with E-state index < -0.39 is 0 Å². The monoisotopic (exact) mass is 382 g/mol. The van der Waals surface area contributed by atoms with E-state index in [0.29, 0.717) is 11.8 Å². The number of amides is 1. The van der Waals surface area contributed by atoms with Gasteiger partial charge in [0.05, 0.1) is 6.04 Å². The number of hydrogen-bond acceptors (Lipinski definition) is 4. The molecule has 1 aliphatic heterocycles. The summed E-state index contributed by atoms with van der Waals surface area (Å²) in [6.45, 7) is 4.06. The number of thioether (sulfide) groups is 1. The minimum atomic E-state index is -0.271. The zero-order chi connectivity index (χ0) is 19.1. The Labute approximate surface area is 161 Å². The molecular weight excluding hydrogens is 363 g/mol. The molecule has 1 unspecified atom stereocenters. The highest BCUT2D eigenvalue weighted by Gasteiger charge is 2.20. The van der Waals surface area contributed by atoms with Crippen LogP contribution in [0.3, 0.4) is 0 Å². The lowest BCUT2D eigenvalue weighted by molar-refractivity contribution is -0.115. The Morgan fingerprint density at radius 1 is 1.26 bits per heavy atom. The summed E-state index contributed by atoms with van der Waals surface area (Å²) >= 11 is 1.47. The molecule has 0 saturated carbocycles. The average molecular weight is 382 g/mol. The van der Waals surface area contributed by atoms with Crippen LogP contribution in [0.4, 0.5) is 4.39 Å². The van der Waals surface area contributed by atoms with Crippen LogP contribution in [-0.4, -0.2) is 23.4 Å². The fourth-order valence-corrected chi connectivity index (χ4v) is 3.40. The van der Waals surface area contributed by atoms with Crippen LogP contribution in [0.25, 0.3) is 6.08 Å². The molecule has 1 N–H and O–H groups in total. The fourth-order valence-electron chi connectivity index (χ4n) is 2.45. The molecule has 0 fully saturated rings. The Kier molecular flexibility index (Phi) is 6.44. The molecule has 0 aromatic heterocycles. The number of aliphatic imine (C=N–C) groups is 1. The Bertz CT molecular complexity index is 861. The third-order valence-electron chi connectivity index (χ3n) is 3.81. The van der Waals surface area contributed by atoms with Crippen LogP contribution in [0.15, 0.2) is 72.3 Å². The molecule has 1 amide bonds. The van der Waals surface area contributed by atoms with Gasteiger partial charge in [-0.15, -0.1) is 0 Å². The highest BCUT2D eigenvalue weighted by atomic mass is 32.2. The van der Waals surface area contributed by atoms with Gasteiger partial charge >= 0.3 is 0 Å². The van der Waals surface area contributed by atoms with Gasteiger partial charge in [0.1, 0.15) is 18.2 Å². The van der Waals surface area contributed by atoms with Gasteiger partial charge < -0.3 is 10.1 Å². The van der Waals surface area contributed by atoms with Gasteiger partial charge in [0.15, 0.2) is 5.17 Å². The molecule has 2 aromatic carbocycles. The smallest absolute Gasteiger partial charge is 0.249 e. The van der Waals surface area contributed by atoms with Crippen LogP contribution >= 0.6 is 11.8 Å². The van der Waals surface area contributed by atoms with Gasteiger partial charge in [-0.3, -0.25) is 9.79 Å². The normalized spacial score (nSPS) is 16.2. The van der Waals surface area contributed by atoms with E-state index in [1.54, 1.807) is 24.3 Å². The maximum Gasteiger partial charge on any atom is 0.249 e. The molecule has 0 radical (unpaired) electrons. The quantitative estimate of drug-likeness (QED) is 0.596. The molecule has 2 aromatic rings. The Balaban J connectivity index is 1.54. The molecule has 3 rings (SSSR count). The predicted molar refractivity (Wildman–Crippen MR) is 108 cm³/mol. The number of nitrogens with one attached hydrogen (secondary N) is 1. The van der Waals surface area contributed by atoms with Crippen molar-refractivity contribution in [2.45, 2.75) is 6.04 Å². The molecule has 0 spiro atoms. The molecule has 1 aliphatic rings. The van der Waals surface area contributed by atoms with Gasteiger partial charge in [-0.2, -0.15) is 0 Å². The second kappa shape index (κ2) is 9.19. The summed E-state index contributed by atoms with van der Waals surface area (Å²) in [6.07, 6.45) is 4.88. The van der Waals surface area contributed by atoms with Gasteiger partial charge in [-0.25, -0.2) is 4.39 Å². The number of rotatable bonds is 6. The zero-order valence-electron chi connectivity index (χ0n) is 14.6. The van der Waals surface area contributed by atoms with Crippen LogP contribution in [0.1, 0.15) is 17.2 Å². The maximum atomic E-state index is 13.0. The molecule has 27 heavy (non-hydrogen) atoms. The Morgan fingerprint density at radius 2 is 2.00 bits per heavy atom. The second-order valence-corrected chi connectivity index (χ2v) is 6.81. The number of halogens is 1. The van der Waals surface area contributed by atoms with Crippen molar-refractivity contribution >= 4 is 28.9 Å². The highest BCUT2D eigenvalue weighted by molar-refractivity contribution is 8.14. The molecule has 4 nitrogen and oxygen atoms in total. The molecule has 0 aliphatic carbocycles. The first-order valence-electron chi connectivity index (χ1n) is 8.43. The third-order valence-corrected chi connectivity index (χ3v) is 4.77. The molecule has 1 atom stereocenters. The Morgan fingerprint density at radius 3 is 2.70 bits per heavy atom. The number of amidine groups is 1. The van der Waals surface area contributed by atoms with E-state index >= 15 is 0 Å². The zero-order valence-corrected chi connectivity index (χ0v) is 15.4. The highest BCUT2D eigenvalue weighted by Crippen LogP contribution is 2.29. The largest absolute Gasteiger partial charge is 0.490 e. The van der Waals surface area contributed by atoms with Crippen molar-refractivity contribution < 1.29 is 13.9 Å². The van der Waals surface area contributed by atoms with E-state index in [1.807, 2.05) is 24.3 Å². The summed E-state index contributed by atoms with van der Waals surface area (Å²) < 4.78 is 18.4. The minimum absolute atomic E-state index is 0.0713. The average Bonchev–Trinajstić information content (AvgIpc) is 3.14. The van der Waals surface area contributed by atoms with E-state index in [2.05, 4.69) is 16.9 Å². The van der Waals surface area contributed by atoms with E-state index in [4.69, 9.17) is 4.74 Å². The number of benzene rings is 2. The van der Waals surface area contributed by atoms with E-state index in [1.165, 1.54) is 30.0 Å². The number of nitrogens with zero attached hydrogens (tertiary/aromatic N) is 1. The molecule has 6 heteroatoms. The van der Waals surface area contributed by atoms with Crippen LogP contribution in [0.5, 0.6) is 5.75 Å². The fraction of sp³-hybridized carbons (Fsp3) is 0.143. The lowest BCUT2D eigenvalue weighted by atomic mass is 10.1. The van der Waals surface area contributed by atoms with Crippen molar-refractivity contribution in [3.8, 4) is 5.75 Å². The number of ether oxygens (including phenoxy) is 1. The molecule has 1 heterocycles. The van der Waals surface area contributed by atoms with E-state index in [-0.39, 0.29) is 17.8 Å². The van der Waals surface area contributed by atoms with Gasteiger partial charge in [-0.05, 0) is 41.5 Å². The summed E-state index contributed by atoms with van der Waals surface area (Å²) in [5, 5.41) is 3.35. The van der Waals surface area contributed by atoms with Crippen molar-refractivity contribution in [3.05, 3.63) is 84.2 Å². The Hall–Kier alpha value is -2.86. The summed E-state index contributed by atoms with van der Waals surface area (Å²) in [5.74, 6) is 0.956.